The number of aryl methyl sites for hydroxylation is 1. The van der Waals surface area contributed by atoms with Crippen molar-refractivity contribution in [3.8, 4) is 11.3 Å². The molecule has 0 unspecified atom stereocenters. The second kappa shape index (κ2) is 5.73. The van der Waals surface area contributed by atoms with E-state index < -0.39 is 11.6 Å². The Kier molecular flexibility index (Phi) is 4.04. The third-order valence-corrected chi connectivity index (χ3v) is 2.72. The Labute approximate surface area is 110 Å². The maximum Gasteiger partial charge on any atom is 0.159 e. The van der Waals surface area contributed by atoms with Gasteiger partial charge in [-0.25, -0.2) is 18.7 Å². The minimum absolute atomic E-state index is 0.537. The quantitative estimate of drug-likeness (QED) is 0.918. The summed E-state index contributed by atoms with van der Waals surface area (Å²) in [5.41, 5.74) is 1.12. The molecule has 1 aromatic carbocycles. The van der Waals surface area contributed by atoms with Crippen LogP contribution in [-0.4, -0.2) is 17.0 Å². The number of rotatable bonds is 4. The molecule has 0 aliphatic rings. The minimum Gasteiger partial charge on any atom is -0.373 e. The molecule has 0 saturated heterocycles. The summed E-state index contributed by atoms with van der Waals surface area (Å²) in [4.78, 5) is 8.69. The molecule has 0 radical (unpaired) electrons. The molecule has 2 aromatic rings. The largest absolute Gasteiger partial charge is 0.373 e. The Morgan fingerprint density at radius 3 is 2.53 bits per heavy atom. The fraction of sp³-hybridized carbons (Fsp3) is 0.286. The number of aromatic nitrogens is 2. The van der Waals surface area contributed by atoms with Gasteiger partial charge in [0.05, 0.1) is 5.69 Å². The van der Waals surface area contributed by atoms with Crippen LogP contribution in [0.3, 0.4) is 0 Å². The van der Waals surface area contributed by atoms with E-state index in [2.05, 4.69) is 15.3 Å². The molecule has 0 spiro atoms. The van der Waals surface area contributed by atoms with Crippen molar-refractivity contribution >= 4 is 5.82 Å². The van der Waals surface area contributed by atoms with Gasteiger partial charge in [0.25, 0.3) is 0 Å². The maximum atomic E-state index is 13.3. The molecule has 0 saturated carbocycles. The first-order chi connectivity index (χ1) is 9.13. The topological polar surface area (TPSA) is 37.8 Å². The van der Waals surface area contributed by atoms with Crippen molar-refractivity contribution in [2.24, 2.45) is 0 Å². The van der Waals surface area contributed by atoms with Crippen LogP contribution in [0, 0.1) is 11.6 Å². The van der Waals surface area contributed by atoms with Crippen LogP contribution in [0.1, 0.15) is 19.2 Å². The minimum atomic E-state index is -0.876. The van der Waals surface area contributed by atoms with Crippen molar-refractivity contribution < 1.29 is 8.78 Å². The molecule has 2 rings (SSSR count). The Hall–Kier alpha value is -2.04. The lowest BCUT2D eigenvalue weighted by Crippen LogP contribution is -2.02. The first-order valence-corrected chi connectivity index (χ1v) is 6.15. The van der Waals surface area contributed by atoms with Gasteiger partial charge < -0.3 is 5.32 Å². The zero-order valence-corrected chi connectivity index (χ0v) is 10.9. The molecule has 19 heavy (non-hydrogen) atoms. The Morgan fingerprint density at radius 2 is 1.89 bits per heavy atom. The monoisotopic (exact) mass is 263 g/mol. The Morgan fingerprint density at radius 1 is 1.11 bits per heavy atom. The molecule has 5 heteroatoms. The zero-order chi connectivity index (χ0) is 13.8. The average Bonchev–Trinajstić information content (AvgIpc) is 2.42. The van der Waals surface area contributed by atoms with E-state index in [4.69, 9.17) is 0 Å². The molecule has 0 fully saturated rings. The van der Waals surface area contributed by atoms with Crippen molar-refractivity contribution in [3.05, 3.63) is 41.7 Å². The highest BCUT2D eigenvalue weighted by Gasteiger charge is 2.08. The summed E-state index contributed by atoms with van der Waals surface area (Å²) in [5, 5.41) is 2.94. The van der Waals surface area contributed by atoms with E-state index in [1.165, 1.54) is 6.07 Å². The standard InChI is InChI=1S/C14H15F2N3/c1-3-4-13-18-12(8-14(17-2)19-13)9-5-6-10(15)11(16)7-9/h5-8H,3-4H2,1-2H3,(H,17,18,19). The van der Waals surface area contributed by atoms with Crippen LogP contribution in [0.4, 0.5) is 14.6 Å². The third-order valence-electron chi connectivity index (χ3n) is 2.72. The highest BCUT2D eigenvalue weighted by atomic mass is 19.2. The summed E-state index contributed by atoms with van der Waals surface area (Å²) < 4.78 is 26.2. The smallest absolute Gasteiger partial charge is 0.159 e. The lowest BCUT2D eigenvalue weighted by atomic mass is 10.1. The highest BCUT2D eigenvalue weighted by molar-refractivity contribution is 5.62. The summed E-state index contributed by atoms with van der Waals surface area (Å²) in [7, 11) is 1.76. The molecule has 100 valence electrons. The van der Waals surface area contributed by atoms with Gasteiger partial charge in [0, 0.05) is 25.1 Å². The van der Waals surface area contributed by atoms with Crippen LogP contribution < -0.4 is 5.32 Å². The summed E-state index contributed by atoms with van der Waals surface area (Å²) in [5.74, 6) is -0.383. The Bertz CT molecular complexity index is 585. The van der Waals surface area contributed by atoms with Gasteiger partial charge in [-0.2, -0.15) is 0 Å². The van der Waals surface area contributed by atoms with Crippen LogP contribution in [0.2, 0.25) is 0 Å². The fourth-order valence-electron chi connectivity index (χ4n) is 1.76. The van der Waals surface area contributed by atoms with Gasteiger partial charge in [0.15, 0.2) is 11.6 Å². The number of halogens is 2. The van der Waals surface area contributed by atoms with Crippen molar-refractivity contribution in [2.75, 3.05) is 12.4 Å². The second-order valence-corrected chi connectivity index (χ2v) is 4.18. The predicted molar refractivity (Wildman–Crippen MR) is 70.9 cm³/mol. The van der Waals surface area contributed by atoms with E-state index in [9.17, 15) is 8.78 Å². The lowest BCUT2D eigenvalue weighted by molar-refractivity contribution is 0.509. The van der Waals surface area contributed by atoms with Crippen molar-refractivity contribution in [1.82, 2.24) is 9.97 Å². The average molecular weight is 263 g/mol. The third kappa shape index (κ3) is 3.05. The molecule has 0 bridgehead atoms. The second-order valence-electron chi connectivity index (χ2n) is 4.18. The van der Waals surface area contributed by atoms with Gasteiger partial charge in [0.2, 0.25) is 0 Å². The number of nitrogens with zero attached hydrogens (tertiary/aromatic N) is 2. The van der Waals surface area contributed by atoms with E-state index in [-0.39, 0.29) is 0 Å². The predicted octanol–water partition coefficient (Wildman–Crippen LogP) is 3.42. The Balaban J connectivity index is 2.47. The molecule has 0 atom stereocenters. The number of anilines is 1. The number of benzene rings is 1. The van der Waals surface area contributed by atoms with Crippen molar-refractivity contribution in [3.63, 3.8) is 0 Å². The van der Waals surface area contributed by atoms with Gasteiger partial charge in [-0.05, 0) is 24.6 Å². The maximum absolute atomic E-state index is 13.3. The molecular weight excluding hydrogens is 248 g/mol. The van der Waals surface area contributed by atoms with Crippen LogP contribution in [0.5, 0.6) is 0 Å². The van der Waals surface area contributed by atoms with Gasteiger partial charge >= 0.3 is 0 Å². The highest BCUT2D eigenvalue weighted by Crippen LogP contribution is 2.22. The van der Waals surface area contributed by atoms with Crippen LogP contribution >= 0.6 is 0 Å². The number of hydrogen-bond acceptors (Lipinski definition) is 3. The molecule has 1 N–H and O–H groups in total. The van der Waals surface area contributed by atoms with Crippen LogP contribution in [0.15, 0.2) is 24.3 Å². The first-order valence-electron chi connectivity index (χ1n) is 6.15. The summed E-state index contributed by atoms with van der Waals surface area (Å²) in [6.07, 6.45) is 1.66. The fourth-order valence-corrected chi connectivity index (χ4v) is 1.76. The summed E-state index contributed by atoms with van der Waals surface area (Å²) in [6.45, 7) is 2.03. The molecule has 3 nitrogen and oxygen atoms in total. The number of nitrogens with one attached hydrogen (secondary N) is 1. The molecule has 0 aliphatic carbocycles. The van der Waals surface area contributed by atoms with Gasteiger partial charge in [0.1, 0.15) is 11.6 Å². The van der Waals surface area contributed by atoms with Gasteiger partial charge in [-0.1, -0.05) is 6.92 Å². The molecule has 1 heterocycles. The van der Waals surface area contributed by atoms with Gasteiger partial charge in [-0.15, -0.1) is 0 Å². The first kappa shape index (κ1) is 13.4. The summed E-state index contributed by atoms with van der Waals surface area (Å²) >= 11 is 0. The normalized spacial score (nSPS) is 10.5. The molecule has 1 aromatic heterocycles. The van der Waals surface area contributed by atoms with E-state index in [1.807, 2.05) is 6.92 Å². The van der Waals surface area contributed by atoms with E-state index in [1.54, 1.807) is 13.1 Å². The zero-order valence-electron chi connectivity index (χ0n) is 10.9. The van der Waals surface area contributed by atoms with E-state index in [0.717, 1.165) is 25.0 Å². The van der Waals surface area contributed by atoms with Crippen molar-refractivity contribution in [1.29, 1.82) is 0 Å². The SMILES string of the molecule is CCCc1nc(NC)cc(-c2ccc(F)c(F)c2)n1. The lowest BCUT2D eigenvalue weighted by Gasteiger charge is -2.07. The molecular formula is C14H15F2N3. The van der Waals surface area contributed by atoms with Gasteiger partial charge in [-0.3, -0.25) is 0 Å². The van der Waals surface area contributed by atoms with Crippen LogP contribution in [0.25, 0.3) is 11.3 Å². The van der Waals surface area contributed by atoms with Crippen molar-refractivity contribution in [2.45, 2.75) is 19.8 Å². The van der Waals surface area contributed by atoms with E-state index in [0.29, 0.717) is 22.9 Å². The number of hydrogen-bond donors (Lipinski definition) is 1. The van der Waals surface area contributed by atoms with Crippen LogP contribution in [-0.2, 0) is 6.42 Å². The molecule has 0 aliphatic heterocycles. The summed E-state index contributed by atoms with van der Waals surface area (Å²) in [6, 6.07) is 5.47. The van der Waals surface area contributed by atoms with E-state index >= 15 is 0 Å². The molecule has 0 amide bonds.